The fourth-order valence-corrected chi connectivity index (χ4v) is 3.13. The van der Waals surface area contributed by atoms with Gasteiger partial charge in [-0.3, -0.25) is 4.90 Å². The van der Waals surface area contributed by atoms with E-state index in [-0.39, 0.29) is 0 Å². The van der Waals surface area contributed by atoms with Crippen LogP contribution in [0.2, 0.25) is 0 Å². The zero-order valence-electron chi connectivity index (χ0n) is 13.9. The number of hydrogen-bond acceptors (Lipinski definition) is 1. The van der Waals surface area contributed by atoms with Gasteiger partial charge >= 0.3 is 0 Å². The third kappa shape index (κ3) is 9.31. The van der Waals surface area contributed by atoms with Crippen LogP contribution in [0.5, 0.6) is 0 Å². The summed E-state index contributed by atoms with van der Waals surface area (Å²) >= 11 is 3.58. The molecule has 120 valence electrons. The van der Waals surface area contributed by atoms with Gasteiger partial charge in [-0.25, -0.2) is 0 Å². The first-order chi connectivity index (χ1) is 10.3. The van der Waals surface area contributed by atoms with E-state index in [9.17, 15) is 0 Å². The molecule has 0 spiro atoms. The summed E-state index contributed by atoms with van der Waals surface area (Å²) < 4.78 is 1.19. The Bertz CT molecular complexity index is 352. The minimum absolute atomic E-state index is 1.09. The van der Waals surface area contributed by atoms with Crippen molar-refractivity contribution in [3.63, 3.8) is 0 Å². The highest BCUT2D eigenvalue weighted by Crippen LogP contribution is 2.15. The maximum Gasteiger partial charge on any atom is 0.0234 e. The molecule has 0 radical (unpaired) electrons. The summed E-state index contributed by atoms with van der Waals surface area (Å²) in [5, 5.41) is 0. The SMILES string of the molecule is CCCCCCN(CCCCCC)Cc1cccc(Br)c1. The van der Waals surface area contributed by atoms with Crippen molar-refractivity contribution in [2.75, 3.05) is 13.1 Å². The fraction of sp³-hybridized carbons (Fsp3) is 0.684. The van der Waals surface area contributed by atoms with Crippen LogP contribution >= 0.6 is 15.9 Å². The smallest absolute Gasteiger partial charge is 0.0234 e. The molecule has 1 rings (SSSR count). The second-order valence-electron chi connectivity index (χ2n) is 6.03. The van der Waals surface area contributed by atoms with E-state index in [0.717, 1.165) is 6.54 Å². The number of rotatable bonds is 12. The molecule has 0 heterocycles. The molecular formula is C19H32BrN. The first kappa shape index (κ1) is 18.7. The normalized spacial score (nSPS) is 11.2. The molecule has 0 amide bonds. The van der Waals surface area contributed by atoms with Gasteiger partial charge < -0.3 is 0 Å². The van der Waals surface area contributed by atoms with E-state index < -0.39 is 0 Å². The van der Waals surface area contributed by atoms with E-state index in [1.54, 1.807) is 0 Å². The maximum absolute atomic E-state index is 3.58. The molecule has 0 aromatic heterocycles. The summed E-state index contributed by atoms with van der Waals surface area (Å²) in [5.41, 5.74) is 1.43. The molecule has 0 saturated heterocycles. The van der Waals surface area contributed by atoms with Crippen LogP contribution in [0.15, 0.2) is 28.7 Å². The van der Waals surface area contributed by atoms with E-state index >= 15 is 0 Å². The van der Waals surface area contributed by atoms with Crippen molar-refractivity contribution in [3.05, 3.63) is 34.3 Å². The van der Waals surface area contributed by atoms with Gasteiger partial charge in [-0.05, 0) is 43.6 Å². The van der Waals surface area contributed by atoms with Crippen LogP contribution in [0, 0.1) is 0 Å². The van der Waals surface area contributed by atoms with Crippen molar-refractivity contribution in [3.8, 4) is 0 Å². The molecule has 1 aromatic carbocycles. The monoisotopic (exact) mass is 353 g/mol. The van der Waals surface area contributed by atoms with Gasteiger partial charge in [0.05, 0.1) is 0 Å². The average molecular weight is 354 g/mol. The molecule has 0 saturated carbocycles. The summed E-state index contributed by atoms with van der Waals surface area (Å²) in [6.07, 6.45) is 10.8. The van der Waals surface area contributed by atoms with Crippen LogP contribution in [0.4, 0.5) is 0 Å². The van der Waals surface area contributed by atoms with Gasteiger partial charge in [0.15, 0.2) is 0 Å². The molecule has 0 fully saturated rings. The minimum Gasteiger partial charge on any atom is -0.299 e. The van der Waals surface area contributed by atoms with Gasteiger partial charge in [-0.15, -0.1) is 0 Å². The lowest BCUT2D eigenvalue weighted by Crippen LogP contribution is -2.25. The summed E-state index contributed by atoms with van der Waals surface area (Å²) in [5.74, 6) is 0. The quantitative estimate of drug-likeness (QED) is 0.392. The lowest BCUT2D eigenvalue weighted by atomic mass is 10.1. The predicted octanol–water partition coefficient (Wildman–Crippen LogP) is 6.41. The van der Waals surface area contributed by atoms with E-state index in [1.807, 2.05) is 0 Å². The zero-order chi connectivity index (χ0) is 15.3. The largest absolute Gasteiger partial charge is 0.299 e. The third-order valence-electron chi connectivity index (χ3n) is 3.95. The minimum atomic E-state index is 1.09. The Kier molecular flexibility index (Phi) is 10.9. The number of halogens is 1. The van der Waals surface area contributed by atoms with Gasteiger partial charge in [0, 0.05) is 11.0 Å². The Morgan fingerprint density at radius 3 is 2.00 bits per heavy atom. The van der Waals surface area contributed by atoms with Gasteiger partial charge in [0.25, 0.3) is 0 Å². The zero-order valence-corrected chi connectivity index (χ0v) is 15.5. The Morgan fingerprint density at radius 1 is 0.857 bits per heavy atom. The number of nitrogens with zero attached hydrogens (tertiary/aromatic N) is 1. The summed E-state index contributed by atoms with van der Waals surface area (Å²) in [6, 6.07) is 8.75. The van der Waals surface area contributed by atoms with Crippen molar-refractivity contribution < 1.29 is 0 Å². The molecule has 0 N–H and O–H groups in total. The lowest BCUT2D eigenvalue weighted by molar-refractivity contribution is 0.252. The van der Waals surface area contributed by atoms with Gasteiger partial charge in [0.1, 0.15) is 0 Å². The average Bonchev–Trinajstić information content (AvgIpc) is 2.48. The second kappa shape index (κ2) is 12.2. The molecule has 21 heavy (non-hydrogen) atoms. The second-order valence-corrected chi connectivity index (χ2v) is 6.94. The van der Waals surface area contributed by atoms with Crippen LogP contribution in [0.1, 0.15) is 70.8 Å². The van der Waals surface area contributed by atoms with E-state index in [1.165, 1.54) is 74.5 Å². The van der Waals surface area contributed by atoms with Crippen molar-refractivity contribution in [1.82, 2.24) is 4.90 Å². The van der Waals surface area contributed by atoms with E-state index in [4.69, 9.17) is 0 Å². The topological polar surface area (TPSA) is 3.24 Å². The van der Waals surface area contributed by atoms with Crippen molar-refractivity contribution in [1.29, 1.82) is 0 Å². The summed E-state index contributed by atoms with van der Waals surface area (Å²) in [6.45, 7) is 8.16. The Labute approximate surface area is 140 Å². The Morgan fingerprint density at radius 2 is 1.48 bits per heavy atom. The molecule has 1 nitrogen and oxygen atoms in total. The lowest BCUT2D eigenvalue weighted by Gasteiger charge is -2.22. The van der Waals surface area contributed by atoms with E-state index in [0.29, 0.717) is 0 Å². The standard InChI is InChI=1S/C19H32BrN/c1-3-5-7-9-14-21(15-10-8-6-4-2)17-18-12-11-13-19(20)16-18/h11-13,16H,3-10,14-15,17H2,1-2H3. The Balaban J connectivity index is 2.41. The number of benzene rings is 1. The van der Waals surface area contributed by atoms with Crippen LogP contribution < -0.4 is 0 Å². The molecule has 0 aliphatic rings. The van der Waals surface area contributed by atoms with Gasteiger partial charge in [-0.2, -0.15) is 0 Å². The number of unbranched alkanes of at least 4 members (excludes halogenated alkanes) is 6. The molecule has 0 aliphatic carbocycles. The summed E-state index contributed by atoms with van der Waals surface area (Å²) in [4.78, 5) is 2.65. The van der Waals surface area contributed by atoms with Crippen LogP contribution in [-0.4, -0.2) is 18.0 Å². The molecule has 0 aliphatic heterocycles. The van der Waals surface area contributed by atoms with Gasteiger partial charge in [0.2, 0.25) is 0 Å². The first-order valence-corrected chi connectivity index (χ1v) is 9.52. The molecule has 0 atom stereocenters. The maximum atomic E-state index is 3.58. The third-order valence-corrected chi connectivity index (χ3v) is 4.44. The highest BCUT2D eigenvalue weighted by Gasteiger charge is 2.06. The molecule has 0 bridgehead atoms. The van der Waals surface area contributed by atoms with E-state index in [2.05, 4.69) is 58.9 Å². The molecule has 0 unspecified atom stereocenters. The molecule has 1 aromatic rings. The van der Waals surface area contributed by atoms with Crippen molar-refractivity contribution in [2.24, 2.45) is 0 Å². The van der Waals surface area contributed by atoms with Crippen molar-refractivity contribution in [2.45, 2.75) is 71.8 Å². The van der Waals surface area contributed by atoms with Gasteiger partial charge in [-0.1, -0.05) is 80.4 Å². The van der Waals surface area contributed by atoms with Crippen LogP contribution in [0.25, 0.3) is 0 Å². The van der Waals surface area contributed by atoms with Crippen LogP contribution in [0.3, 0.4) is 0 Å². The van der Waals surface area contributed by atoms with Crippen LogP contribution in [-0.2, 0) is 6.54 Å². The highest BCUT2D eigenvalue weighted by atomic mass is 79.9. The molecular weight excluding hydrogens is 322 g/mol. The highest BCUT2D eigenvalue weighted by molar-refractivity contribution is 9.10. The molecule has 2 heteroatoms. The summed E-state index contributed by atoms with van der Waals surface area (Å²) in [7, 11) is 0. The first-order valence-electron chi connectivity index (χ1n) is 8.73. The number of hydrogen-bond donors (Lipinski definition) is 0. The van der Waals surface area contributed by atoms with Crippen molar-refractivity contribution >= 4 is 15.9 Å². The Hall–Kier alpha value is -0.340. The fourth-order valence-electron chi connectivity index (χ4n) is 2.69. The predicted molar refractivity (Wildman–Crippen MR) is 97.7 cm³/mol.